The molecule has 0 aromatic heterocycles. The predicted octanol–water partition coefficient (Wildman–Crippen LogP) is 5.83. The molecule has 0 fully saturated rings. The molecule has 0 saturated heterocycles. The quantitative estimate of drug-likeness (QED) is 0.597. The van der Waals surface area contributed by atoms with Gasteiger partial charge in [-0.1, -0.05) is 54.4 Å². The van der Waals surface area contributed by atoms with E-state index in [1.54, 1.807) is 12.1 Å². The summed E-state index contributed by atoms with van der Waals surface area (Å²) in [5.41, 5.74) is 1.88. The standard InChI is InChI=1S/C21H34O3/c1-7-9-20(3,4)13-16-11-15(19(23)24)12-17(18(16)22)14-21(5,6)10-8-2/h11-12,22H,7-10,13-14H2,1-6H3,(H,23,24). The minimum atomic E-state index is -0.931. The van der Waals surface area contributed by atoms with E-state index in [4.69, 9.17) is 0 Å². The minimum Gasteiger partial charge on any atom is -0.507 e. The summed E-state index contributed by atoms with van der Waals surface area (Å²) in [5.74, 6) is -0.646. The Morgan fingerprint density at radius 2 is 1.29 bits per heavy atom. The van der Waals surface area contributed by atoms with Crippen LogP contribution >= 0.6 is 0 Å². The topological polar surface area (TPSA) is 57.5 Å². The van der Waals surface area contributed by atoms with E-state index in [1.807, 2.05) is 0 Å². The molecule has 1 aromatic carbocycles. The van der Waals surface area contributed by atoms with Gasteiger partial charge in [0.25, 0.3) is 0 Å². The zero-order chi connectivity index (χ0) is 18.5. The first-order chi connectivity index (χ1) is 11.0. The van der Waals surface area contributed by atoms with Crippen LogP contribution in [0.5, 0.6) is 5.75 Å². The van der Waals surface area contributed by atoms with Crippen molar-refractivity contribution in [2.45, 2.75) is 80.1 Å². The van der Waals surface area contributed by atoms with Gasteiger partial charge < -0.3 is 10.2 Å². The third-order valence-corrected chi connectivity index (χ3v) is 4.71. The summed E-state index contributed by atoms with van der Waals surface area (Å²) in [6.45, 7) is 13.0. The zero-order valence-corrected chi connectivity index (χ0v) is 16.2. The lowest BCUT2D eigenvalue weighted by molar-refractivity contribution is 0.0696. The number of carbonyl (C=O) groups is 1. The van der Waals surface area contributed by atoms with Crippen molar-refractivity contribution in [1.82, 2.24) is 0 Å². The molecule has 0 amide bonds. The average molecular weight is 335 g/mol. The molecule has 0 aliphatic rings. The van der Waals surface area contributed by atoms with Crippen molar-refractivity contribution >= 4 is 5.97 Å². The summed E-state index contributed by atoms with van der Waals surface area (Å²) in [6, 6.07) is 3.29. The first kappa shape index (κ1) is 20.5. The summed E-state index contributed by atoms with van der Waals surface area (Å²) in [6.07, 6.45) is 5.61. The van der Waals surface area contributed by atoms with Gasteiger partial charge in [-0.15, -0.1) is 0 Å². The van der Waals surface area contributed by atoms with Crippen molar-refractivity contribution < 1.29 is 15.0 Å². The normalized spacial score (nSPS) is 12.4. The molecular formula is C21H34O3. The molecule has 0 aliphatic heterocycles. The van der Waals surface area contributed by atoms with Crippen LogP contribution < -0.4 is 0 Å². The fourth-order valence-electron chi connectivity index (χ4n) is 3.71. The van der Waals surface area contributed by atoms with Crippen molar-refractivity contribution in [1.29, 1.82) is 0 Å². The molecule has 1 rings (SSSR count). The second-order valence-electron chi connectivity index (χ2n) is 8.63. The summed E-state index contributed by atoms with van der Waals surface area (Å²) >= 11 is 0. The first-order valence-electron chi connectivity index (χ1n) is 9.09. The lowest BCUT2D eigenvalue weighted by atomic mass is 9.78. The third-order valence-electron chi connectivity index (χ3n) is 4.71. The molecule has 0 atom stereocenters. The van der Waals surface area contributed by atoms with Gasteiger partial charge in [-0.05, 0) is 59.8 Å². The maximum Gasteiger partial charge on any atom is 0.335 e. The van der Waals surface area contributed by atoms with E-state index in [9.17, 15) is 15.0 Å². The molecule has 0 bridgehead atoms. The van der Waals surface area contributed by atoms with E-state index in [0.717, 1.165) is 36.8 Å². The number of phenolic OH excluding ortho intramolecular Hbond substituents is 1. The van der Waals surface area contributed by atoms with Crippen LogP contribution in [0.3, 0.4) is 0 Å². The van der Waals surface area contributed by atoms with Crippen LogP contribution in [0.2, 0.25) is 0 Å². The van der Waals surface area contributed by atoms with Crippen LogP contribution in [0.25, 0.3) is 0 Å². The van der Waals surface area contributed by atoms with Gasteiger partial charge in [0.15, 0.2) is 0 Å². The highest BCUT2D eigenvalue weighted by Crippen LogP contribution is 2.37. The number of aromatic hydroxyl groups is 1. The Morgan fingerprint density at radius 1 is 0.917 bits per heavy atom. The fraction of sp³-hybridized carbons (Fsp3) is 0.667. The van der Waals surface area contributed by atoms with Gasteiger partial charge in [0.1, 0.15) is 5.75 Å². The Kier molecular flexibility index (Phi) is 6.88. The van der Waals surface area contributed by atoms with Gasteiger partial charge >= 0.3 is 5.97 Å². The number of aromatic carboxylic acids is 1. The highest BCUT2D eigenvalue weighted by Gasteiger charge is 2.25. The van der Waals surface area contributed by atoms with E-state index < -0.39 is 5.97 Å². The van der Waals surface area contributed by atoms with E-state index in [0.29, 0.717) is 12.8 Å². The number of carboxylic acid groups (broad SMARTS) is 1. The Bertz CT molecular complexity index is 529. The Hall–Kier alpha value is -1.51. The highest BCUT2D eigenvalue weighted by atomic mass is 16.4. The first-order valence-corrected chi connectivity index (χ1v) is 9.09. The lowest BCUT2D eigenvalue weighted by Crippen LogP contribution is -2.18. The fourth-order valence-corrected chi connectivity index (χ4v) is 3.71. The molecule has 0 spiro atoms. The number of rotatable bonds is 9. The van der Waals surface area contributed by atoms with Gasteiger partial charge in [0, 0.05) is 0 Å². The maximum atomic E-state index is 11.5. The zero-order valence-electron chi connectivity index (χ0n) is 16.2. The summed E-state index contributed by atoms with van der Waals surface area (Å²) in [4.78, 5) is 11.5. The molecule has 0 aliphatic carbocycles. The van der Waals surface area contributed by atoms with E-state index in [2.05, 4.69) is 41.5 Å². The smallest absolute Gasteiger partial charge is 0.335 e. The average Bonchev–Trinajstić information content (AvgIpc) is 2.42. The molecular weight excluding hydrogens is 300 g/mol. The number of benzene rings is 1. The van der Waals surface area contributed by atoms with Crippen molar-refractivity contribution in [3.8, 4) is 5.75 Å². The van der Waals surface area contributed by atoms with Crippen molar-refractivity contribution in [2.24, 2.45) is 10.8 Å². The molecule has 1 aromatic rings. The lowest BCUT2D eigenvalue weighted by Gasteiger charge is -2.28. The van der Waals surface area contributed by atoms with Crippen LogP contribution in [0, 0.1) is 10.8 Å². The molecule has 0 saturated carbocycles. The molecule has 0 heterocycles. The summed E-state index contributed by atoms with van der Waals surface area (Å²) in [5, 5.41) is 20.2. The van der Waals surface area contributed by atoms with Crippen LogP contribution in [-0.2, 0) is 12.8 Å². The second-order valence-corrected chi connectivity index (χ2v) is 8.63. The third kappa shape index (κ3) is 5.85. The molecule has 3 nitrogen and oxygen atoms in total. The van der Waals surface area contributed by atoms with Crippen LogP contribution in [0.1, 0.15) is 88.7 Å². The van der Waals surface area contributed by atoms with Gasteiger partial charge in [0.2, 0.25) is 0 Å². The van der Waals surface area contributed by atoms with Gasteiger partial charge in [-0.25, -0.2) is 4.79 Å². The van der Waals surface area contributed by atoms with E-state index in [-0.39, 0.29) is 22.1 Å². The molecule has 3 heteroatoms. The SMILES string of the molecule is CCCC(C)(C)Cc1cc(C(=O)O)cc(CC(C)(C)CCC)c1O. The Morgan fingerprint density at radius 3 is 1.58 bits per heavy atom. The monoisotopic (exact) mass is 334 g/mol. The molecule has 24 heavy (non-hydrogen) atoms. The van der Waals surface area contributed by atoms with E-state index >= 15 is 0 Å². The van der Waals surface area contributed by atoms with Crippen molar-refractivity contribution in [2.75, 3.05) is 0 Å². The number of hydrogen-bond donors (Lipinski definition) is 2. The van der Waals surface area contributed by atoms with E-state index in [1.165, 1.54) is 0 Å². The number of carboxylic acids is 1. The minimum absolute atomic E-state index is 0.0412. The maximum absolute atomic E-state index is 11.5. The second kappa shape index (κ2) is 8.04. The van der Waals surface area contributed by atoms with Crippen LogP contribution in [0.15, 0.2) is 12.1 Å². The molecule has 136 valence electrons. The largest absolute Gasteiger partial charge is 0.507 e. The van der Waals surface area contributed by atoms with Crippen LogP contribution in [0.4, 0.5) is 0 Å². The van der Waals surface area contributed by atoms with Gasteiger partial charge in [-0.3, -0.25) is 0 Å². The number of hydrogen-bond acceptors (Lipinski definition) is 2. The van der Waals surface area contributed by atoms with Gasteiger partial charge in [-0.2, -0.15) is 0 Å². The van der Waals surface area contributed by atoms with Crippen molar-refractivity contribution in [3.63, 3.8) is 0 Å². The molecule has 2 N–H and O–H groups in total. The Balaban J connectivity index is 3.27. The molecule has 0 unspecified atom stereocenters. The van der Waals surface area contributed by atoms with Crippen molar-refractivity contribution in [3.05, 3.63) is 28.8 Å². The Labute approximate surface area is 147 Å². The summed E-state index contributed by atoms with van der Waals surface area (Å²) < 4.78 is 0. The highest BCUT2D eigenvalue weighted by molar-refractivity contribution is 5.88. The predicted molar refractivity (Wildman–Crippen MR) is 99.9 cm³/mol. The molecule has 0 radical (unpaired) electrons. The van der Waals surface area contributed by atoms with Crippen LogP contribution in [-0.4, -0.2) is 16.2 Å². The van der Waals surface area contributed by atoms with Gasteiger partial charge in [0.05, 0.1) is 5.56 Å². The number of phenols is 1. The summed E-state index contributed by atoms with van der Waals surface area (Å²) in [7, 11) is 0.